The summed E-state index contributed by atoms with van der Waals surface area (Å²) in [5, 5.41) is 0. The minimum atomic E-state index is -0.316. The molecular formula is C15H12BrNO2. The fraction of sp³-hybridized carbons (Fsp3) is 0.200. The van der Waals surface area contributed by atoms with Gasteiger partial charge in [-0.25, -0.2) is 4.79 Å². The van der Waals surface area contributed by atoms with E-state index < -0.39 is 0 Å². The van der Waals surface area contributed by atoms with Crippen molar-refractivity contribution in [1.82, 2.24) is 0 Å². The van der Waals surface area contributed by atoms with Gasteiger partial charge < -0.3 is 4.74 Å². The smallest absolute Gasteiger partial charge is 0.337 e. The Morgan fingerprint density at radius 3 is 3.00 bits per heavy atom. The first-order valence-corrected chi connectivity index (χ1v) is 6.76. The van der Waals surface area contributed by atoms with Crippen molar-refractivity contribution >= 4 is 28.1 Å². The zero-order valence-corrected chi connectivity index (χ0v) is 12.0. The second-order valence-corrected chi connectivity index (χ2v) is 5.56. The molecule has 1 unspecified atom stereocenters. The van der Waals surface area contributed by atoms with E-state index in [2.05, 4.69) is 27.0 Å². The van der Waals surface area contributed by atoms with Gasteiger partial charge in [-0.2, -0.15) is 0 Å². The molecule has 4 heteroatoms. The molecule has 0 aromatic rings. The quantitative estimate of drug-likeness (QED) is 0.696. The van der Waals surface area contributed by atoms with Crippen LogP contribution in [0.3, 0.4) is 0 Å². The lowest BCUT2D eigenvalue weighted by Crippen LogP contribution is -2.32. The first-order chi connectivity index (χ1) is 9.15. The number of carbonyl (C=O) groups excluding carboxylic acids is 1. The number of hydrogen-bond donors (Lipinski definition) is 0. The van der Waals surface area contributed by atoms with Crippen LogP contribution in [0.5, 0.6) is 0 Å². The van der Waals surface area contributed by atoms with Crippen molar-refractivity contribution in [2.24, 2.45) is 10.4 Å². The van der Waals surface area contributed by atoms with Gasteiger partial charge in [-0.15, -0.1) is 0 Å². The monoisotopic (exact) mass is 317 g/mol. The second kappa shape index (κ2) is 4.46. The number of esters is 1. The van der Waals surface area contributed by atoms with Gasteiger partial charge in [-0.3, -0.25) is 4.99 Å². The Balaban J connectivity index is 2.16. The van der Waals surface area contributed by atoms with E-state index in [4.69, 9.17) is 4.74 Å². The zero-order chi connectivity index (χ0) is 13.5. The molecule has 0 bridgehead atoms. The maximum atomic E-state index is 11.7. The topological polar surface area (TPSA) is 38.7 Å². The van der Waals surface area contributed by atoms with E-state index in [9.17, 15) is 4.79 Å². The van der Waals surface area contributed by atoms with E-state index in [0.717, 1.165) is 22.0 Å². The average molecular weight is 318 g/mol. The van der Waals surface area contributed by atoms with Crippen LogP contribution in [-0.2, 0) is 9.53 Å². The minimum Gasteiger partial charge on any atom is -0.465 e. The molecule has 0 saturated carbocycles. The Kier molecular flexibility index (Phi) is 2.90. The number of rotatable bonds is 1. The van der Waals surface area contributed by atoms with Crippen LogP contribution in [0.1, 0.15) is 6.42 Å². The molecule has 0 N–H and O–H groups in total. The van der Waals surface area contributed by atoms with Crippen LogP contribution >= 0.6 is 15.9 Å². The largest absolute Gasteiger partial charge is 0.465 e. The normalized spacial score (nSPS) is 27.5. The highest BCUT2D eigenvalue weighted by molar-refractivity contribution is 9.11. The minimum absolute atomic E-state index is 0.233. The summed E-state index contributed by atoms with van der Waals surface area (Å²) in [6, 6.07) is 0. The number of halogens is 1. The Labute approximate surface area is 119 Å². The Bertz CT molecular complexity index is 635. The highest BCUT2D eigenvalue weighted by Crippen LogP contribution is 2.48. The summed E-state index contributed by atoms with van der Waals surface area (Å²) < 4.78 is 5.84. The third-order valence-electron chi connectivity index (χ3n) is 3.62. The van der Waals surface area contributed by atoms with Crippen LogP contribution in [-0.4, -0.2) is 19.3 Å². The summed E-state index contributed by atoms with van der Waals surface area (Å²) in [6.45, 7) is 0. The Morgan fingerprint density at radius 1 is 1.37 bits per heavy atom. The van der Waals surface area contributed by atoms with Crippen molar-refractivity contribution in [2.45, 2.75) is 6.42 Å². The SMILES string of the molecule is COC(=O)C1=CC2=CC(Br)=CCC23C=NC=CC3=C1. The van der Waals surface area contributed by atoms with Gasteiger partial charge in [-0.05, 0) is 41.9 Å². The molecule has 1 aliphatic heterocycles. The molecule has 1 atom stereocenters. The molecule has 3 aliphatic rings. The van der Waals surface area contributed by atoms with Crippen LogP contribution in [0.15, 0.2) is 62.8 Å². The molecular weight excluding hydrogens is 306 g/mol. The molecule has 3 nitrogen and oxygen atoms in total. The van der Waals surface area contributed by atoms with Gasteiger partial charge in [0.2, 0.25) is 0 Å². The van der Waals surface area contributed by atoms with Gasteiger partial charge in [0.1, 0.15) is 0 Å². The molecule has 0 radical (unpaired) electrons. The molecule has 0 aromatic heterocycles. The summed E-state index contributed by atoms with van der Waals surface area (Å²) >= 11 is 3.49. The maximum Gasteiger partial charge on any atom is 0.337 e. The third kappa shape index (κ3) is 1.87. The number of allylic oxidation sites excluding steroid dienone is 7. The van der Waals surface area contributed by atoms with Gasteiger partial charge in [0.05, 0.1) is 18.1 Å². The van der Waals surface area contributed by atoms with E-state index in [-0.39, 0.29) is 11.4 Å². The van der Waals surface area contributed by atoms with Crippen LogP contribution in [0.25, 0.3) is 0 Å². The van der Waals surface area contributed by atoms with Gasteiger partial charge in [0.15, 0.2) is 0 Å². The molecule has 0 aromatic carbocycles. The zero-order valence-electron chi connectivity index (χ0n) is 10.4. The third-order valence-corrected chi connectivity index (χ3v) is 4.17. The van der Waals surface area contributed by atoms with E-state index in [1.165, 1.54) is 7.11 Å². The molecule has 2 aliphatic carbocycles. The predicted molar refractivity (Wildman–Crippen MR) is 78.0 cm³/mol. The lowest BCUT2D eigenvalue weighted by molar-refractivity contribution is -0.135. The first kappa shape index (κ1) is 12.4. The molecule has 1 spiro atoms. The predicted octanol–water partition coefficient (Wildman–Crippen LogP) is 3.22. The number of ether oxygens (including phenoxy) is 1. The summed E-state index contributed by atoms with van der Waals surface area (Å²) in [5.74, 6) is -0.316. The maximum absolute atomic E-state index is 11.7. The van der Waals surface area contributed by atoms with E-state index >= 15 is 0 Å². The van der Waals surface area contributed by atoms with Crippen LogP contribution < -0.4 is 0 Å². The summed E-state index contributed by atoms with van der Waals surface area (Å²) in [4.78, 5) is 16.0. The first-order valence-electron chi connectivity index (χ1n) is 5.97. The summed E-state index contributed by atoms with van der Waals surface area (Å²) in [5.41, 5.74) is 2.48. The number of hydrogen-bond acceptors (Lipinski definition) is 3. The van der Waals surface area contributed by atoms with Crippen LogP contribution in [0.4, 0.5) is 0 Å². The van der Waals surface area contributed by atoms with Gasteiger partial charge in [0, 0.05) is 16.9 Å². The fourth-order valence-corrected chi connectivity index (χ4v) is 3.01. The molecule has 3 rings (SSSR count). The molecule has 0 fully saturated rings. The van der Waals surface area contributed by atoms with Crippen LogP contribution in [0, 0.1) is 5.41 Å². The highest BCUT2D eigenvalue weighted by Gasteiger charge is 2.39. The number of nitrogens with zero attached hydrogens (tertiary/aromatic N) is 1. The average Bonchev–Trinajstić information content (AvgIpc) is 2.44. The Morgan fingerprint density at radius 2 is 2.21 bits per heavy atom. The standard InChI is InChI=1S/C15H12BrNO2/c1-19-14(18)10-6-11-3-5-17-9-15(11)4-2-13(16)8-12(15)7-10/h2-3,5-9H,4H2,1H3. The molecule has 19 heavy (non-hydrogen) atoms. The number of methoxy groups -OCH3 is 1. The number of carbonyl (C=O) groups is 1. The van der Waals surface area contributed by atoms with Crippen molar-refractivity contribution in [3.63, 3.8) is 0 Å². The lowest BCUT2D eigenvalue weighted by atomic mass is 9.66. The van der Waals surface area contributed by atoms with Crippen molar-refractivity contribution in [3.05, 3.63) is 57.8 Å². The molecule has 96 valence electrons. The number of aliphatic imine (C=N–C) groups is 1. The van der Waals surface area contributed by atoms with Gasteiger partial charge in [-0.1, -0.05) is 22.0 Å². The van der Waals surface area contributed by atoms with Crippen molar-refractivity contribution < 1.29 is 9.53 Å². The molecule has 0 amide bonds. The van der Waals surface area contributed by atoms with Crippen molar-refractivity contribution in [1.29, 1.82) is 0 Å². The molecule has 1 heterocycles. The Hall–Kier alpha value is -1.68. The van der Waals surface area contributed by atoms with E-state index in [0.29, 0.717) is 5.57 Å². The van der Waals surface area contributed by atoms with Crippen molar-refractivity contribution in [3.8, 4) is 0 Å². The van der Waals surface area contributed by atoms with E-state index in [1.54, 1.807) is 6.20 Å². The highest BCUT2D eigenvalue weighted by atomic mass is 79.9. The van der Waals surface area contributed by atoms with E-state index in [1.807, 2.05) is 30.5 Å². The fourth-order valence-electron chi connectivity index (χ4n) is 2.60. The molecule has 0 saturated heterocycles. The van der Waals surface area contributed by atoms with Gasteiger partial charge >= 0.3 is 5.97 Å². The van der Waals surface area contributed by atoms with Crippen LogP contribution in [0.2, 0.25) is 0 Å². The van der Waals surface area contributed by atoms with Gasteiger partial charge in [0.25, 0.3) is 0 Å². The summed E-state index contributed by atoms with van der Waals surface area (Å²) in [7, 11) is 1.40. The summed E-state index contributed by atoms with van der Waals surface area (Å²) in [6.07, 6.45) is 14.4. The lowest BCUT2D eigenvalue weighted by Gasteiger charge is -2.38. The second-order valence-electron chi connectivity index (χ2n) is 4.65. The van der Waals surface area contributed by atoms with Crippen molar-refractivity contribution in [2.75, 3.05) is 7.11 Å².